The summed E-state index contributed by atoms with van der Waals surface area (Å²) in [6.07, 6.45) is 2.00. The topological polar surface area (TPSA) is 46.5 Å². The second-order valence-electron chi connectivity index (χ2n) is 6.95. The molecule has 0 unspecified atom stereocenters. The van der Waals surface area contributed by atoms with E-state index < -0.39 is 0 Å². The van der Waals surface area contributed by atoms with Gasteiger partial charge >= 0.3 is 0 Å². The van der Waals surface area contributed by atoms with Crippen molar-refractivity contribution in [3.05, 3.63) is 61.2 Å². The summed E-state index contributed by atoms with van der Waals surface area (Å²) in [7, 11) is 0. The first-order chi connectivity index (χ1) is 12.8. The number of rotatable bonds is 6. The van der Waals surface area contributed by atoms with Gasteiger partial charge in [0.15, 0.2) is 5.78 Å². The minimum Gasteiger partial charge on any atom is -0.512 e. The van der Waals surface area contributed by atoms with Crippen LogP contribution in [0.2, 0.25) is 0 Å². The number of allylic oxidation sites excluding steroid dienone is 2. The fourth-order valence-electron chi connectivity index (χ4n) is 3.24. The molecule has 0 saturated heterocycles. The van der Waals surface area contributed by atoms with Crippen LogP contribution < -0.4 is 4.74 Å². The van der Waals surface area contributed by atoms with Gasteiger partial charge in [-0.05, 0) is 95.6 Å². The first-order valence-electron chi connectivity index (χ1n) is 8.92. The van der Waals surface area contributed by atoms with Crippen LogP contribution in [0, 0.1) is 6.92 Å². The molecule has 1 aliphatic carbocycles. The highest BCUT2D eigenvalue weighted by molar-refractivity contribution is 9.10. The molecule has 2 aromatic carbocycles. The second-order valence-corrected chi connectivity index (χ2v) is 8.66. The number of aliphatic hydroxyl groups excluding tert-OH is 1. The number of ether oxygens (including phenoxy) is 1. The summed E-state index contributed by atoms with van der Waals surface area (Å²) in [5, 5.41) is 9.91. The van der Waals surface area contributed by atoms with Gasteiger partial charge in [-0.1, -0.05) is 22.0 Å². The van der Waals surface area contributed by atoms with E-state index in [1.165, 1.54) is 34.7 Å². The Kier molecular flexibility index (Phi) is 6.11. The zero-order valence-electron chi connectivity index (χ0n) is 15.7. The van der Waals surface area contributed by atoms with E-state index >= 15 is 0 Å². The van der Waals surface area contributed by atoms with Crippen LogP contribution in [0.4, 0.5) is 0 Å². The molecular weight excluding hydrogens is 472 g/mol. The quantitative estimate of drug-likeness (QED) is 0.237. The number of benzene rings is 2. The highest BCUT2D eigenvalue weighted by atomic mass is 79.9. The van der Waals surface area contributed by atoms with Gasteiger partial charge in [0.1, 0.15) is 5.75 Å². The molecule has 2 aromatic rings. The van der Waals surface area contributed by atoms with Crippen molar-refractivity contribution in [2.75, 3.05) is 6.61 Å². The van der Waals surface area contributed by atoms with E-state index in [4.69, 9.17) is 4.74 Å². The van der Waals surface area contributed by atoms with Crippen LogP contribution >= 0.6 is 31.9 Å². The molecule has 0 bridgehead atoms. The number of Topliss-reactive ketones (excluding diaryl/α,β-unsaturated/α-hetero) is 1. The van der Waals surface area contributed by atoms with Crippen molar-refractivity contribution < 1.29 is 14.6 Å². The second kappa shape index (κ2) is 8.19. The third kappa shape index (κ3) is 4.30. The molecule has 0 aliphatic heterocycles. The van der Waals surface area contributed by atoms with E-state index in [0.29, 0.717) is 25.0 Å². The van der Waals surface area contributed by atoms with Crippen LogP contribution in [0.5, 0.6) is 5.75 Å². The SMILES string of the molecule is CC(=O)C(C)=C(O)CCCOc1cc2c(cc1Br)Cc1cc(Br)c(C)cc1-2. The Labute approximate surface area is 176 Å². The van der Waals surface area contributed by atoms with E-state index in [1.807, 2.05) is 0 Å². The van der Waals surface area contributed by atoms with Gasteiger partial charge < -0.3 is 9.84 Å². The summed E-state index contributed by atoms with van der Waals surface area (Å²) in [4.78, 5) is 11.3. The molecule has 142 valence electrons. The van der Waals surface area contributed by atoms with Gasteiger partial charge in [-0.3, -0.25) is 4.79 Å². The summed E-state index contributed by atoms with van der Waals surface area (Å²) in [5.41, 5.74) is 6.73. The van der Waals surface area contributed by atoms with Crippen molar-refractivity contribution in [3.8, 4) is 16.9 Å². The number of fused-ring (bicyclic) bond motifs is 3. The minimum atomic E-state index is -0.101. The summed E-state index contributed by atoms with van der Waals surface area (Å²) in [6.45, 7) is 5.68. The first kappa shape index (κ1) is 20.2. The highest BCUT2D eigenvalue weighted by Gasteiger charge is 2.21. The maximum Gasteiger partial charge on any atom is 0.158 e. The van der Waals surface area contributed by atoms with E-state index in [1.54, 1.807) is 6.92 Å². The average Bonchev–Trinajstić information content (AvgIpc) is 2.94. The molecule has 0 saturated carbocycles. The van der Waals surface area contributed by atoms with Crippen LogP contribution in [-0.2, 0) is 11.2 Å². The monoisotopic (exact) mass is 492 g/mol. The molecule has 0 fully saturated rings. The molecule has 0 spiro atoms. The predicted molar refractivity (Wildman–Crippen MR) is 116 cm³/mol. The van der Waals surface area contributed by atoms with Gasteiger partial charge in [-0.15, -0.1) is 0 Å². The molecule has 0 radical (unpaired) electrons. The molecule has 0 heterocycles. The third-order valence-corrected chi connectivity index (χ3v) is 6.46. The molecule has 5 heteroatoms. The summed E-state index contributed by atoms with van der Waals surface area (Å²) in [5.74, 6) is 0.846. The molecule has 0 atom stereocenters. The summed E-state index contributed by atoms with van der Waals surface area (Å²) in [6, 6.07) is 8.64. The number of carbonyl (C=O) groups is 1. The number of halogens is 2. The third-order valence-electron chi connectivity index (χ3n) is 4.99. The number of hydrogen-bond donors (Lipinski definition) is 1. The number of aliphatic hydroxyl groups is 1. The van der Waals surface area contributed by atoms with Crippen LogP contribution in [-0.4, -0.2) is 17.5 Å². The zero-order valence-corrected chi connectivity index (χ0v) is 18.8. The molecule has 3 rings (SSSR count). The van der Waals surface area contributed by atoms with E-state index in [-0.39, 0.29) is 11.5 Å². The highest BCUT2D eigenvalue weighted by Crippen LogP contribution is 2.43. The standard InChI is InChI=1S/C22H22Br2O3/c1-12-7-17-15(9-19(12)23)8-16-10-20(24)22(11-18(16)17)27-6-4-5-21(26)13(2)14(3)25/h7,9-11,26H,4-6,8H2,1-3H3. The predicted octanol–water partition coefficient (Wildman–Crippen LogP) is 6.67. The molecule has 1 aliphatic rings. The van der Waals surface area contributed by atoms with Crippen LogP contribution in [0.15, 0.2) is 44.5 Å². The van der Waals surface area contributed by atoms with Crippen molar-refractivity contribution in [1.29, 1.82) is 0 Å². The minimum absolute atomic E-state index is 0.101. The van der Waals surface area contributed by atoms with Crippen molar-refractivity contribution in [2.45, 2.75) is 40.0 Å². The zero-order chi connectivity index (χ0) is 19.7. The molecule has 0 amide bonds. The lowest BCUT2D eigenvalue weighted by Gasteiger charge is -2.12. The fourth-order valence-corrected chi connectivity index (χ4v) is 4.14. The molecule has 1 N–H and O–H groups in total. The van der Waals surface area contributed by atoms with E-state index in [2.05, 4.69) is 63.0 Å². The number of ketones is 1. The van der Waals surface area contributed by atoms with Gasteiger partial charge in [0.2, 0.25) is 0 Å². The first-order valence-corrected chi connectivity index (χ1v) is 10.5. The lowest BCUT2D eigenvalue weighted by Crippen LogP contribution is -2.02. The Morgan fingerprint density at radius 1 is 1.07 bits per heavy atom. The fraction of sp³-hybridized carbons (Fsp3) is 0.318. The van der Waals surface area contributed by atoms with E-state index in [9.17, 15) is 9.90 Å². The summed E-state index contributed by atoms with van der Waals surface area (Å²) < 4.78 is 8.02. The lowest BCUT2D eigenvalue weighted by atomic mass is 10.0. The maximum atomic E-state index is 11.3. The molecule has 27 heavy (non-hydrogen) atoms. The Hall–Kier alpha value is -1.59. The Morgan fingerprint density at radius 3 is 2.37 bits per heavy atom. The van der Waals surface area contributed by atoms with E-state index in [0.717, 1.165) is 21.1 Å². The van der Waals surface area contributed by atoms with Gasteiger partial charge in [-0.2, -0.15) is 0 Å². The normalized spacial score (nSPS) is 13.1. The molecule has 3 nitrogen and oxygen atoms in total. The largest absolute Gasteiger partial charge is 0.512 e. The van der Waals surface area contributed by atoms with Gasteiger partial charge in [-0.25, -0.2) is 0 Å². The number of aryl methyl sites for hydroxylation is 1. The Bertz CT molecular complexity index is 945. The maximum absolute atomic E-state index is 11.3. The summed E-state index contributed by atoms with van der Waals surface area (Å²) >= 11 is 7.23. The lowest BCUT2D eigenvalue weighted by molar-refractivity contribution is -0.113. The van der Waals surface area contributed by atoms with Crippen molar-refractivity contribution >= 4 is 37.6 Å². The smallest absolute Gasteiger partial charge is 0.158 e. The number of carbonyl (C=O) groups excluding carboxylic acids is 1. The van der Waals surface area contributed by atoms with Crippen LogP contribution in [0.1, 0.15) is 43.4 Å². The van der Waals surface area contributed by atoms with Crippen molar-refractivity contribution in [2.24, 2.45) is 0 Å². The molecular formula is C22H22Br2O3. The van der Waals surface area contributed by atoms with Gasteiger partial charge in [0.05, 0.1) is 16.8 Å². The van der Waals surface area contributed by atoms with Crippen LogP contribution in [0.3, 0.4) is 0 Å². The Balaban J connectivity index is 1.73. The van der Waals surface area contributed by atoms with Gasteiger partial charge in [0.25, 0.3) is 0 Å². The number of hydrogen-bond acceptors (Lipinski definition) is 3. The van der Waals surface area contributed by atoms with Crippen molar-refractivity contribution in [3.63, 3.8) is 0 Å². The molecule has 0 aromatic heterocycles. The van der Waals surface area contributed by atoms with Gasteiger partial charge in [0, 0.05) is 16.5 Å². The Morgan fingerprint density at radius 2 is 1.70 bits per heavy atom. The van der Waals surface area contributed by atoms with Crippen LogP contribution in [0.25, 0.3) is 11.1 Å². The average molecular weight is 494 g/mol. The van der Waals surface area contributed by atoms with Crippen molar-refractivity contribution in [1.82, 2.24) is 0 Å².